The van der Waals surface area contributed by atoms with Crippen LogP contribution in [0.4, 0.5) is 4.39 Å². The fourth-order valence-electron chi connectivity index (χ4n) is 4.34. The SMILES string of the molecule is Cc1cc(C)c(C2=C(OC(=O)C(C)(C)C)CC(CCNC(=O)C3=CCCC(F)=N3)C2=O)c(C)c1. The molecule has 0 bridgehead atoms. The number of nitrogens with one attached hydrogen (secondary N) is 1. The average molecular weight is 469 g/mol. The van der Waals surface area contributed by atoms with E-state index < -0.39 is 29.2 Å². The lowest BCUT2D eigenvalue weighted by Gasteiger charge is -2.18. The van der Waals surface area contributed by atoms with Crippen molar-refractivity contribution in [2.45, 2.75) is 67.2 Å². The molecule has 0 fully saturated rings. The number of aryl methyl sites for hydroxylation is 3. The molecular formula is C27H33FN2O4. The lowest BCUT2D eigenvalue weighted by atomic mass is 9.90. The Morgan fingerprint density at radius 2 is 1.82 bits per heavy atom. The van der Waals surface area contributed by atoms with Gasteiger partial charge in [0.2, 0.25) is 0 Å². The number of nitrogens with zero attached hydrogens (tertiary/aromatic N) is 1. The van der Waals surface area contributed by atoms with Gasteiger partial charge < -0.3 is 10.1 Å². The van der Waals surface area contributed by atoms with Gasteiger partial charge >= 0.3 is 5.97 Å². The summed E-state index contributed by atoms with van der Waals surface area (Å²) in [6, 6.07) is 4.02. The molecule has 182 valence electrons. The third kappa shape index (κ3) is 5.69. The Kier molecular flexibility index (Phi) is 7.54. The summed E-state index contributed by atoms with van der Waals surface area (Å²) in [5, 5.41) is 2.73. The largest absolute Gasteiger partial charge is 0.430 e. The Balaban J connectivity index is 1.80. The molecule has 0 spiro atoms. The molecule has 1 aliphatic heterocycles. The topological polar surface area (TPSA) is 84.8 Å². The Hall–Kier alpha value is -3.09. The zero-order valence-corrected chi connectivity index (χ0v) is 20.8. The standard InChI is InChI=1S/C27H33FN2O4/c1-15-12-16(2)22(17(3)13-15)23-20(34-26(33)27(4,5)6)14-18(24(23)31)10-11-29-25(32)19-8-7-9-21(28)30-19/h8,12-13,18H,7,9-11,14H2,1-6H3,(H,29,32). The summed E-state index contributed by atoms with van der Waals surface area (Å²) < 4.78 is 19.2. The second-order valence-electron chi connectivity index (χ2n) is 10.1. The number of hydrogen-bond acceptors (Lipinski definition) is 5. The van der Waals surface area contributed by atoms with Crippen molar-refractivity contribution in [2.75, 3.05) is 6.54 Å². The summed E-state index contributed by atoms with van der Waals surface area (Å²) in [4.78, 5) is 42.1. The van der Waals surface area contributed by atoms with E-state index in [2.05, 4.69) is 10.3 Å². The Morgan fingerprint density at radius 1 is 1.18 bits per heavy atom. The smallest absolute Gasteiger partial charge is 0.316 e. The summed E-state index contributed by atoms with van der Waals surface area (Å²) in [5.74, 6) is -1.55. The number of carbonyl (C=O) groups is 3. The molecule has 1 atom stereocenters. The quantitative estimate of drug-likeness (QED) is 0.592. The Morgan fingerprint density at radius 3 is 2.41 bits per heavy atom. The number of ether oxygens (including phenoxy) is 1. The maximum Gasteiger partial charge on any atom is 0.316 e. The molecule has 0 aromatic heterocycles. The van der Waals surface area contributed by atoms with E-state index >= 15 is 0 Å². The van der Waals surface area contributed by atoms with E-state index in [-0.39, 0.29) is 30.9 Å². The van der Waals surface area contributed by atoms with Crippen molar-refractivity contribution in [1.29, 1.82) is 0 Å². The highest BCUT2D eigenvalue weighted by molar-refractivity contribution is 6.25. The number of benzene rings is 1. The average Bonchev–Trinajstić information content (AvgIpc) is 3.02. The van der Waals surface area contributed by atoms with E-state index in [0.717, 1.165) is 22.3 Å². The molecule has 1 aromatic carbocycles. The first kappa shape index (κ1) is 25.5. The van der Waals surface area contributed by atoms with Crippen LogP contribution in [-0.4, -0.2) is 30.2 Å². The number of rotatable bonds is 6. The number of carbonyl (C=O) groups excluding carboxylic acids is 3. The van der Waals surface area contributed by atoms with Gasteiger partial charge in [-0.15, -0.1) is 0 Å². The first-order valence-electron chi connectivity index (χ1n) is 11.7. The predicted octanol–water partition coefficient (Wildman–Crippen LogP) is 5.05. The Labute approximate surface area is 200 Å². The number of allylic oxidation sites excluding steroid dienone is 3. The van der Waals surface area contributed by atoms with Crippen LogP contribution in [-0.2, 0) is 19.1 Å². The van der Waals surface area contributed by atoms with Gasteiger partial charge in [0, 0.05) is 25.3 Å². The third-order valence-corrected chi connectivity index (χ3v) is 6.02. The minimum absolute atomic E-state index is 0.0611. The lowest BCUT2D eigenvalue weighted by Crippen LogP contribution is -2.28. The van der Waals surface area contributed by atoms with E-state index in [1.165, 1.54) is 0 Å². The summed E-state index contributed by atoms with van der Waals surface area (Å²) in [6.07, 6.45) is 2.90. The number of esters is 1. The van der Waals surface area contributed by atoms with Gasteiger partial charge in [0.05, 0.1) is 11.0 Å². The fraction of sp³-hybridized carbons (Fsp3) is 0.481. The fourth-order valence-corrected chi connectivity index (χ4v) is 4.34. The monoisotopic (exact) mass is 468 g/mol. The van der Waals surface area contributed by atoms with Crippen LogP contribution in [0.25, 0.3) is 5.57 Å². The Bertz CT molecular complexity index is 1100. The van der Waals surface area contributed by atoms with Gasteiger partial charge in [0.25, 0.3) is 5.91 Å². The van der Waals surface area contributed by atoms with E-state index in [0.29, 0.717) is 24.2 Å². The number of hydrogen-bond donors (Lipinski definition) is 1. The molecule has 34 heavy (non-hydrogen) atoms. The van der Waals surface area contributed by atoms with Crippen LogP contribution in [0.15, 0.2) is 34.7 Å². The van der Waals surface area contributed by atoms with E-state index in [4.69, 9.17) is 4.74 Å². The molecule has 7 heteroatoms. The summed E-state index contributed by atoms with van der Waals surface area (Å²) in [6.45, 7) is 11.4. The van der Waals surface area contributed by atoms with Crippen LogP contribution in [0, 0.1) is 32.1 Å². The van der Waals surface area contributed by atoms with Crippen LogP contribution in [0.5, 0.6) is 0 Å². The zero-order chi connectivity index (χ0) is 25.2. The van der Waals surface area contributed by atoms with Crippen molar-refractivity contribution in [3.05, 3.63) is 51.9 Å². The molecule has 6 nitrogen and oxygen atoms in total. The molecule has 0 saturated carbocycles. The van der Waals surface area contributed by atoms with Gasteiger partial charge in [0.15, 0.2) is 11.7 Å². The second-order valence-corrected chi connectivity index (χ2v) is 10.1. The number of halogens is 1. The van der Waals surface area contributed by atoms with E-state index in [1.807, 2.05) is 32.9 Å². The van der Waals surface area contributed by atoms with Gasteiger partial charge in [-0.1, -0.05) is 23.8 Å². The molecule has 0 radical (unpaired) electrons. The second kappa shape index (κ2) is 10.0. The zero-order valence-electron chi connectivity index (χ0n) is 20.8. The van der Waals surface area contributed by atoms with Crippen LogP contribution in [0.1, 0.15) is 68.7 Å². The summed E-state index contributed by atoms with van der Waals surface area (Å²) >= 11 is 0. The normalized spacial score (nSPS) is 18.6. The molecule has 1 N–H and O–H groups in total. The highest BCUT2D eigenvalue weighted by atomic mass is 19.1. The van der Waals surface area contributed by atoms with Crippen molar-refractivity contribution in [3.8, 4) is 0 Å². The lowest BCUT2D eigenvalue weighted by molar-refractivity contribution is -0.148. The van der Waals surface area contributed by atoms with Crippen LogP contribution >= 0.6 is 0 Å². The molecule has 1 amide bonds. The molecule has 1 unspecified atom stereocenters. The minimum atomic E-state index is -0.714. The maximum atomic E-state index is 13.5. The maximum absolute atomic E-state index is 13.5. The van der Waals surface area contributed by atoms with E-state index in [1.54, 1.807) is 26.8 Å². The van der Waals surface area contributed by atoms with Crippen molar-refractivity contribution in [2.24, 2.45) is 16.3 Å². The van der Waals surface area contributed by atoms with Gasteiger partial charge in [-0.25, -0.2) is 4.99 Å². The number of ketones is 1. The minimum Gasteiger partial charge on any atom is -0.430 e. The first-order chi connectivity index (χ1) is 15.9. The predicted molar refractivity (Wildman–Crippen MR) is 130 cm³/mol. The van der Waals surface area contributed by atoms with Crippen LogP contribution in [0.3, 0.4) is 0 Å². The van der Waals surface area contributed by atoms with Crippen LogP contribution < -0.4 is 5.32 Å². The molecular weight excluding hydrogens is 435 g/mol. The highest BCUT2D eigenvalue weighted by Gasteiger charge is 2.38. The number of Topliss-reactive ketones (excluding diaryl/α,β-unsaturated/α-hetero) is 1. The van der Waals surface area contributed by atoms with Gasteiger partial charge in [-0.2, -0.15) is 4.39 Å². The molecule has 2 aliphatic rings. The van der Waals surface area contributed by atoms with Crippen LogP contribution in [0.2, 0.25) is 0 Å². The van der Waals surface area contributed by atoms with Gasteiger partial charge in [-0.05, 0) is 71.1 Å². The van der Waals surface area contributed by atoms with Crippen molar-refractivity contribution < 1.29 is 23.5 Å². The summed E-state index contributed by atoms with van der Waals surface area (Å²) in [5.41, 5.74) is 3.58. The molecule has 3 rings (SSSR count). The van der Waals surface area contributed by atoms with Crippen molar-refractivity contribution >= 4 is 29.2 Å². The molecule has 0 saturated heterocycles. The van der Waals surface area contributed by atoms with E-state index in [9.17, 15) is 18.8 Å². The highest BCUT2D eigenvalue weighted by Crippen LogP contribution is 2.40. The molecule has 1 aromatic rings. The van der Waals surface area contributed by atoms with Gasteiger partial charge in [0.1, 0.15) is 11.5 Å². The van der Waals surface area contributed by atoms with Crippen molar-refractivity contribution in [3.63, 3.8) is 0 Å². The molecule has 1 heterocycles. The first-order valence-corrected chi connectivity index (χ1v) is 11.7. The number of aliphatic imine (C=N–C) groups is 1. The molecule has 1 aliphatic carbocycles. The third-order valence-electron chi connectivity index (χ3n) is 6.02. The summed E-state index contributed by atoms with van der Waals surface area (Å²) in [7, 11) is 0. The van der Waals surface area contributed by atoms with Crippen molar-refractivity contribution in [1.82, 2.24) is 5.32 Å². The van der Waals surface area contributed by atoms with Gasteiger partial charge in [-0.3, -0.25) is 14.4 Å². The number of amides is 1.